The van der Waals surface area contributed by atoms with Gasteiger partial charge in [0.25, 0.3) is 0 Å². The number of anilines is 1. The Morgan fingerprint density at radius 3 is 2.89 bits per heavy atom. The van der Waals surface area contributed by atoms with Gasteiger partial charge in [-0.05, 0) is 32.6 Å². The van der Waals surface area contributed by atoms with Crippen molar-refractivity contribution in [2.75, 3.05) is 23.4 Å². The van der Waals surface area contributed by atoms with Crippen molar-refractivity contribution in [2.24, 2.45) is 0 Å². The molecule has 0 radical (unpaired) electrons. The Labute approximate surface area is 117 Å². The van der Waals surface area contributed by atoms with Gasteiger partial charge >= 0.3 is 0 Å². The molecule has 0 bridgehead atoms. The van der Waals surface area contributed by atoms with Crippen molar-refractivity contribution < 1.29 is 4.74 Å². The molecule has 0 unspecified atom stereocenters. The van der Waals surface area contributed by atoms with Gasteiger partial charge in [0.1, 0.15) is 0 Å². The number of halogens is 1. The van der Waals surface area contributed by atoms with Gasteiger partial charge in [-0.3, -0.25) is 4.98 Å². The zero-order chi connectivity index (χ0) is 12.8. The fourth-order valence-electron chi connectivity index (χ4n) is 2.11. The summed E-state index contributed by atoms with van der Waals surface area (Å²) in [6.07, 6.45) is 8.50. The molecule has 1 fully saturated rings. The van der Waals surface area contributed by atoms with Gasteiger partial charge in [0, 0.05) is 17.9 Å². The first-order chi connectivity index (χ1) is 8.85. The van der Waals surface area contributed by atoms with Gasteiger partial charge in [-0.1, -0.05) is 15.9 Å². The normalized spacial score (nSPS) is 15.2. The molecule has 0 spiro atoms. The predicted octanol–water partition coefficient (Wildman–Crippen LogP) is 3.02. The molecule has 1 aliphatic rings. The van der Waals surface area contributed by atoms with Crippen molar-refractivity contribution in [3.63, 3.8) is 0 Å². The molecule has 0 saturated heterocycles. The average molecular weight is 314 g/mol. The van der Waals surface area contributed by atoms with Crippen LogP contribution in [-0.2, 0) is 0 Å². The summed E-state index contributed by atoms with van der Waals surface area (Å²) < 4.78 is 5.42. The van der Waals surface area contributed by atoms with E-state index in [4.69, 9.17) is 4.74 Å². The first-order valence-corrected chi connectivity index (χ1v) is 7.74. The van der Waals surface area contributed by atoms with Gasteiger partial charge in [0.15, 0.2) is 5.82 Å². The van der Waals surface area contributed by atoms with Crippen molar-refractivity contribution in [3.05, 3.63) is 12.4 Å². The molecule has 1 aromatic heterocycles. The Bertz CT molecular complexity index is 371. The lowest BCUT2D eigenvalue weighted by molar-refractivity contribution is 0.323. The number of nitrogens with zero attached hydrogens (tertiary/aromatic N) is 3. The van der Waals surface area contributed by atoms with E-state index in [-0.39, 0.29) is 0 Å². The third kappa shape index (κ3) is 3.34. The first-order valence-electron chi connectivity index (χ1n) is 6.62. The SMILES string of the molecule is CCOc1cncc(N(CCCBr)C2CCC2)n1. The van der Waals surface area contributed by atoms with Gasteiger partial charge < -0.3 is 9.64 Å². The molecule has 18 heavy (non-hydrogen) atoms. The molecule has 1 aromatic rings. The van der Waals surface area contributed by atoms with E-state index in [1.807, 2.05) is 13.1 Å². The van der Waals surface area contributed by atoms with Crippen LogP contribution in [0.25, 0.3) is 0 Å². The van der Waals surface area contributed by atoms with Crippen LogP contribution in [-0.4, -0.2) is 34.5 Å². The van der Waals surface area contributed by atoms with E-state index in [9.17, 15) is 0 Å². The number of rotatable bonds is 7. The van der Waals surface area contributed by atoms with Crippen LogP contribution in [0.4, 0.5) is 5.82 Å². The summed E-state index contributed by atoms with van der Waals surface area (Å²) in [6, 6.07) is 0.634. The molecule has 2 rings (SSSR count). The summed E-state index contributed by atoms with van der Waals surface area (Å²) in [6.45, 7) is 3.62. The van der Waals surface area contributed by atoms with Crippen LogP contribution in [0.2, 0.25) is 0 Å². The van der Waals surface area contributed by atoms with Crippen molar-refractivity contribution in [3.8, 4) is 5.88 Å². The van der Waals surface area contributed by atoms with Crippen LogP contribution in [0, 0.1) is 0 Å². The van der Waals surface area contributed by atoms with E-state index in [0.29, 0.717) is 18.5 Å². The maximum Gasteiger partial charge on any atom is 0.234 e. The summed E-state index contributed by atoms with van der Waals surface area (Å²) in [7, 11) is 0. The molecule has 5 heteroatoms. The van der Waals surface area contributed by atoms with E-state index in [2.05, 4.69) is 30.8 Å². The molecule has 1 aliphatic carbocycles. The molecule has 1 saturated carbocycles. The minimum absolute atomic E-state index is 0.623. The van der Waals surface area contributed by atoms with Gasteiger partial charge in [0.05, 0.1) is 19.0 Å². The van der Waals surface area contributed by atoms with E-state index in [1.165, 1.54) is 19.3 Å². The van der Waals surface area contributed by atoms with E-state index in [1.54, 1.807) is 6.20 Å². The predicted molar refractivity (Wildman–Crippen MR) is 76.6 cm³/mol. The highest BCUT2D eigenvalue weighted by Gasteiger charge is 2.26. The number of ether oxygens (including phenoxy) is 1. The van der Waals surface area contributed by atoms with Crippen LogP contribution >= 0.6 is 15.9 Å². The number of alkyl halides is 1. The highest BCUT2D eigenvalue weighted by Crippen LogP contribution is 2.29. The second-order valence-electron chi connectivity index (χ2n) is 4.47. The van der Waals surface area contributed by atoms with Crippen molar-refractivity contribution in [2.45, 2.75) is 38.6 Å². The van der Waals surface area contributed by atoms with Gasteiger partial charge in [-0.25, -0.2) is 0 Å². The molecule has 100 valence electrons. The van der Waals surface area contributed by atoms with E-state index in [0.717, 1.165) is 24.1 Å². The highest BCUT2D eigenvalue weighted by molar-refractivity contribution is 9.09. The fraction of sp³-hybridized carbons (Fsp3) is 0.692. The topological polar surface area (TPSA) is 38.2 Å². The van der Waals surface area contributed by atoms with Crippen LogP contribution in [0.3, 0.4) is 0 Å². The lowest BCUT2D eigenvalue weighted by atomic mass is 9.91. The summed E-state index contributed by atoms with van der Waals surface area (Å²) in [5, 5.41) is 1.02. The van der Waals surface area contributed by atoms with Crippen molar-refractivity contribution >= 4 is 21.7 Å². The maximum absolute atomic E-state index is 5.42. The molecule has 0 atom stereocenters. The Balaban J connectivity index is 2.10. The monoisotopic (exact) mass is 313 g/mol. The fourth-order valence-corrected chi connectivity index (χ4v) is 2.36. The minimum Gasteiger partial charge on any atom is -0.477 e. The van der Waals surface area contributed by atoms with Gasteiger partial charge in [-0.15, -0.1) is 0 Å². The summed E-state index contributed by atoms with van der Waals surface area (Å²) in [4.78, 5) is 11.2. The molecule has 0 aliphatic heterocycles. The molecule has 1 heterocycles. The lowest BCUT2D eigenvalue weighted by Gasteiger charge is -2.38. The zero-order valence-corrected chi connectivity index (χ0v) is 12.4. The quantitative estimate of drug-likeness (QED) is 0.725. The number of hydrogen-bond acceptors (Lipinski definition) is 4. The van der Waals surface area contributed by atoms with Gasteiger partial charge in [0.2, 0.25) is 5.88 Å². The van der Waals surface area contributed by atoms with E-state index >= 15 is 0 Å². The Kier molecular flexibility index (Phi) is 5.23. The van der Waals surface area contributed by atoms with Crippen molar-refractivity contribution in [1.82, 2.24) is 9.97 Å². The number of hydrogen-bond donors (Lipinski definition) is 0. The number of aromatic nitrogens is 2. The third-order valence-corrected chi connectivity index (χ3v) is 3.80. The second-order valence-corrected chi connectivity index (χ2v) is 5.26. The minimum atomic E-state index is 0.623. The van der Waals surface area contributed by atoms with Crippen LogP contribution in [0.15, 0.2) is 12.4 Å². The smallest absolute Gasteiger partial charge is 0.234 e. The van der Waals surface area contributed by atoms with Crippen LogP contribution in [0.5, 0.6) is 5.88 Å². The largest absolute Gasteiger partial charge is 0.477 e. The van der Waals surface area contributed by atoms with Crippen molar-refractivity contribution in [1.29, 1.82) is 0 Å². The first kappa shape index (κ1) is 13.6. The molecule has 0 aromatic carbocycles. The summed E-state index contributed by atoms with van der Waals surface area (Å²) in [5.74, 6) is 1.57. The zero-order valence-electron chi connectivity index (χ0n) is 10.8. The Hall–Kier alpha value is -0.840. The lowest BCUT2D eigenvalue weighted by Crippen LogP contribution is -2.41. The molecular formula is C13H20BrN3O. The average Bonchev–Trinajstić information content (AvgIpc) is 2.33. The molecule has 0 amide bonds. The third-order valence-electron chi connectivity index (χ3n) is 3.23. The Morgan fingerprint density at radius 2 is 2.28 bits per heavy atom. The van der Waals surface area contributed by atoms with Crippen LogP contribution < -0.4 is 9.64 Å². The van der Waals surface area contributed by atoms with Crippen LogP contribution in [0.1, 0.15) is 32.6 Å². The second kappa shape index (κ2) is 6.92. The summed E-state index contributed by atoms with van der Waals surface area (Å²) >= 11 is 3.49. The molecular weight excluding hydrogens is 294 g/mol. The molecule has 4 nitrogen and oxygen atoms in total. The highest BCUT2D eigenvalue weighted by atomic mass is 79.9. The maximum atomic E-state index is 5.42. The van der Waals surface area contributed by atoms with E-state index < -0.39 is 0 Å². The Morgan fingerprint density at radius 1 is 1.44 bits per heavy atom. The van der Waals surface area contributed by atoms with Gasteiger partial charge in [-0.2, -0.15) is 4.98 Å². The summed E-state index contributed by atoms with van der Waals surface area (Å²) in [5.41, 5.74) is 0. The molecule has 0 N–H and O–H groups in total. The standard InChI is InChI=1S/C13H20BrN3O/c1-2-18-13-10-15-9-12(16-13)17(8-4-7-14)11-5-3-6-11/h9-11H,2-8H2,1H3.